The van der Waals surface area contributed by atoms with Gasteiger partial charge < -0.3 is 14.9 Å². The maximum absolute atomic E-state index is 8.09. The molecule has 0 aromatic carbocycles. The highest BCUT2D eigenvalue weighted by molar-refractivity contribution is 4.24. The first-order valence-corrected chi connectivity index (χ1v) is 4.62. The molecule has 0 saturated carbocycles. The molecule has 0 aliphatic heterocycles. The second-order valence-corrected chi connectivity index (χ2v) is 2.41. The minimum Gasteiger partial charge on any atom is -0.394 e. The molecular weight excluding hydrogens is 156 g/mol. The molecule has 0 spiro atoms. The van der Waals surface area contributed by atoms with Gasteiger partial charge in [-0.1, -0.05) is 33.1 Å². The van der Waals surface area contributed by atoms with E-state index in [9.17, 15) is 0 Å². The van der Waals surface area contributed by atoms with Crippen molar-refractivity contribution < 1.29 is 14.9 Å². The number of rotatable bonds is 6. The van der Waals surface area contributed by atoms with Crippen molar-refractivity contribution in [3.63, 3.8) is 0 Å². The monoisotopic (exact) mass is 178 g/mol. The lowest BCUT2D eigenvalue weighted by Gasteiger charge is -1.94. The van der Waals surface area contributed by atoms with Crippen LogP contribution in [0, 0.1) is 0 Å². The number of ether oxygens (including phenoxy) is 1. The average Bonchev–Trinajstić information content (AvgIpc) is 2.08. The number of hydrogen-bond acceptors (Lipinski definition) is 3. The SMILES string of the molecule is CCCCC.OCCOCCO. The van der Waals surface area contributed by atoms with Crippen molar-refractivity contribution in [2.45, 2.75) is 33.1 Å². The Labute approximate surface area is 75.4 Å². The van der Waals surface area contributed by atoms with E-state index in [0.29, 0.717) is 13.2 Å². The maximum atomic E-state index is 8.09. The summed E-state index contributed by atoms with van der Waals surface area (Å²) in [4.78, 5) is 0. The van der Waals surface area contributed by atoms with E-state index in [-0.39, 0.29) is 13.2 Å². The lowest BCUT2D eigenvalue weighted by Crippen LogP contribution is -2.03. The van der Waals surface area contributed by atoms with Crippen LogP contribution in [0.25, 0.3) is 0 Å². The van der Waals surface area contributed by atoms with E-state index in [1.165, 1.54) is 19.3 Å². The summed E-state index contributed by atoms with van der Waals surface area (Å²) in [6, 6.07) is 0. The van der Waals surface area contributed by atoms with Gasteiger partial charge in [-0.05, 0) is 0 Å². The number of aliphatic hydroxyl groups is 2. The highest BCUT2D eigenvalue weighted by Gasteiger charge is 1.79. The van der Waals surface area contributed by atoms with Crippen LogP contribution < -0.4 is 0 Å². The highest BCUT2D eigenvalue weighted by Crippen LogP contribution is 1.88. The van der Waals surface area contributed by atoms with Gasteiger partial charge in [0.2, 0.25) is 0 Å². The van der Waals surface area contributed by atoms with Crippen LogP contribution in [-0.2, 0) is 4.74 Å². The molecule has 0 saturated heterocycles. The minimum atomic E-state index is 0.0278. The van der Waals surface area contributed by atoms with Gasteiger partial charge in [-0.25, -0.2) is 0 Å². The van der Waals surface area contributed by atoms with Crippen molar-refractivity contribution in [1.82, 2.24) is 0 Å². The van der Waals surface area contributed by atoms with E-state index < -0.39 is 0 Å². The van der Waals surface area contributed by atoms with Crippen molar-refractivity contribution in [2.24, 2.45) is 0 Å². The molecule has 0 rings (SSSR count). The predicted octanol–water partition coefficient (Wildman–Crippen LogP) is 1.18. The summed E-state index contributed by atoms with van der Waals surface area (Å²) >= 11 is 0. The molecule has 0 heterocycles. The van der Waals surface area contributed by atoms with E-state index in [0.717, 1.165) is 0 Å². The van der Waals surface area contributed by atoms with Gasteiger partial charge in [0, 0.05) is 0 Å². The molecule has 0 bridgehead atoms. The molecule has 3 heteroatoms. The predicted molar refractivity (Wildman–Crippen MR) is 50.2 cm³/mol. The van der Waals surface area contributed by atoms with Gasteiger partial charge in [0.1, 0.15) is 0 Å². The van der Waals surface area contributed by atoms with Crippen LogP contribution >= 0.6 is 0 Å². The van der Waals surface area contributed by atoms with Gasteiger partial charge in [0.05, 0.1) is 26.4 Å². The Bertz CT molecular complexity index is 51.7. The zero-order chi connectivity index (χ0) is 9.66. The second-order valence-electron chi connectivity index (χ2n) is 2.41. The van der Waals surface area contributed by atoms with Crippen LogP contribution in [0.3, 0.4) is 0 Å². The average molecular weight is 178 g/mol. The standard InChI is InChI=1S/C5H12.C4H10O3/c1-3-5-4-2;5-1-3-7-4-2-6/h3-5H2,1-2H3;5-6H,1-4H2. The van der Waals surface area contributed by atoms with E-state index in [4.69, 9.17) is 10.2 Å². The molecule has 12 heavy (non-hydrogen) atoms. The van der Waals surface area contributed by atoms with E-state index in [2.05, 4.69) is 18.6 Å². The molecule has 0 amide bonds. The van der Waals surface area contributed by atoms with Crippen molar-refractivity contribution in [2.75, 3.05) is 26.4 Å². The summed E-state index contributed by atoms with van der Waals surface area (Å²) in [5.41, 5.74) is 0. The van der Waals surface area contributed by atoms with Crippen molar-refractivity contribution in [3.8, 4) is 0 Å². The first-order chi connectivity index (χ1) is 5.83. The van der Waals surface area contributed by atoms with Crippen molar-refractivity contribution >= 4 is 0 Å². The summed E-state index contributed by atoms with van der Waals surface area (Å²) in [5.74, 6) is 0. The van der Waals surface area contributed by atoms with Crippen LogP contribution in [0.2, 0.25) is 0 Å². The molecule has 0 unspecified atom stereocenters. The molecule has 0 aromatic heterocycles. The van der Waals surface area contributed by atoms with Gasteiger partial charge >= 0.3 is 0 Å². The highest BCUT2D eigenvalue weighted by atomic mass is 16.5. The van der Waals surface area contributed by atoms with E-state index in [1.807, 2.05) is 0 Å². The van der Waals surface area contributed by atoms with Crippen LogP contribution in [0.4, 0.5) is 0 Å². The molecule has 0 radical (unpaired) electrons. The normalized spacial score (nSPS) is 9.00. The fraction of sp³-hybridized carbons (Fsp3) is 1.00. The summed E-state index contributed by atoms with van der Waals surface area (Å²) in [6.07, 6.45) is 4.08. The fourth-order valence-corrected chi connectivity index (χ4v) is 0.585. The Balaban J connectivity index is 0. The fourth-order valence-electron chi connectivity index (χ4n) is 0.585. The largest absolute Gasteiger partial charge is 0.394 e. The van der Waals surface area contributed by atoms with Crippen molar-refractivity contribution in [1.29, 1.82) is 0 Å². The van der Waals surface area contributed by atoms with Crippen LogP contribution in [0.5, 0.6) is 0 Å². The van der Waals surface area contributed by atoms with Gasteiger partial charge in [-0.3, -0.25) is 0 Å². The van der Waals surface area contributed by atoms with Gasteiger partial charge in [-0.15, -0.1) is 0 Å². The van der Waals surface area contributed by atoms with Gasteiger partial charge in [0.25, 0.3) is 0 Å². The summed E-state index contributed by atoms with van der Waals surface area (Å²) < 4.78 is 4.63. The minimum absolute atomic E-state index is 0.0278. The molecule has 0 aliphatic carbocycles. The van der Waals surface area contributed by atoms with E-state index in [1.54, 1.807) is 0 Å². The van der Waals surface area contributed by atoms with Crippen LogP contribution in [-0.4, -0.2) is 36.6 Å². The molecule has 0 aliphatic rings. The maximum Gasteiger partial charge on any atom is 0.0698 e. The topological polar surface area (TPSA) is 49.7 Å². The Kier molecular flexibility index (Phi) is 20.5. The van der Waals surface area contributed by atoms with Gasteiger partial charge in [-0.2, -0.15) is 0 Å². The molecular formula is C9H22O3. The third-order valence-electron chi connectivity index (χ3n) is 1.18. The zero-order valence-corrected chi connectivity index (χ0v) is 8.25. The smallest absolute Gasteiger partial charge is 0.0698 e. The Morgan fingerprint density at radius 1 is 0.917 bits per heavy atom. The summed E-state index contributed by atoms with van der Waals surface area (Å²) in [5, 5.41) is 16.2. The molecule has 3 nitrogen and oxygen atoms in total. The summed E-state index contributed by atoms with van der Waals surface area (Å²) in [7, 11) is 0. The third-order valence-corrected chi connectivity index (χ3v) is 1.18. The van der Waals surface area contributed by atoms with E-state index >= 15 is 0 Å². The Morgan fingerprint density at radius 3 is 1.50 bits per heavy atom. The zero-order valence-electron chi connectivity index (χ0n) is 8.25. The quantitative estimate of drug-likeness (QED) is 0.600. The molecule has 2 N–H and O–H groups in total. The van der Waals surface area contributed by atoms with Crippen molar-refractivity contribution in [3.05, 3.63) is 0 Å². The van der Waals surface area contributed by atoms with Crippen LogP contribution in [0.15, 0.2) is 0 Å². The summed E-state index contributed by atoms with van der Waals surface area (Å²) in [6.45, 7) is 5.12. The number of aliphatic hydroxyl groups excluding tert-OH is 2. The molecule has 0 atom stereocenters. The number of unbranched alkanes of at least 4 members (excludes halogenated alkanes) is 2. The lowest BCUT2D eigenvalue weighted by atomic mass is 10.3. The first-order valence-electron chi connectivity index (χ1n) is 4.62. The molecule has 76 valence electrons. The molecule has 0 aromatic rings. The Hall–Kier alpha value is -0.120. The lowest BCUT2D eigenvalue weighted by molar-refractivity contribution is 0.0650. The third kappa shape index (κ3) is 22.5. The first kappa shape index (κ1) is 14.4. The molecule has 0 fully saturated rings. The number of hydrogen-bond donors (Lipinski definition) is 2. The Morgan fingerprint density at radius 2 is 1.33 bits per heavy atom. The van der Waals surface area contributed by atoms with Crippen LogP contribution in [0.1, 0.15) is 33.1 Å². The van der Waals surface area contributed by atoms with Gasteiger partial charge in [0.15, 0.2) is 0 Å². The second kappa shape index (κ2) is 17.1.